The first-order chi connectivity index (χ1) is 14.1. The number of ether oxygens (including phenoxy) is 2. The van der Waals surface area contributed by atoms with Gasteiger partial charge in [0.15, 0.2) is 6.10 Å². The zero-order valence-corrected chi connectivity index (χ0v) is 15.8. The van der Waals surface area contributed by atoms with Gasteiger partial charge in [-0.2, -0.15) is 0 Å². The second kappa shape index (κ2) is 8.48. The molecule has 0 saturated carbocycles. The summed E-state index contributed by atoms with van der Waals surface area (Å²) in [5.41, 5.74) is 1.27. The molecule has 7 nitrogen and oxygen atoms in total. The Morgan fingerprint density at radius 3 is 2.55 bits per heavy atom. The Morgan fingerprint density at radius 1 is 1.07 bits per heavy atom. The van der Waals surface area contributed by atoms with Crippen molar-refractivity contribution in [3.8, 4) is 5.75 Å². The lowest BCUT2D eigenvalue weighted by Gasteiger charge is -2.38. The highest BCUT2D eigenvalue weighted by molar-refractivity contribution is 5.95. The number of amides is 2. The fourth-order valence-corrected chi connectivity index (χ4v) is 3.48. The van der Waals surface area contributed by atoms with E-state index in [0.29, 0.717) is 37.7 Å². The van der Waals surface area contributed by atoms with Crippen LogP contribution < -0.4 is 15.0 Å². The number of hydrogen-bond donors (Lipinski definition) is 1. The lowest BCUT2D eigenvalue weighted by molar-refractivity contribution is -0.142. The van der Waals surface area contributed by atoms with Crippen molar-refractivity contribution >= 4 is 23.2 Å². The number of hydrogen-bond acceptors (Lipinski definition) is 5. The molecule has 2 heterocycles. The van der Waals surface area contributed by atoms with Gasteiger partial charge in [-0.25, -0.2) is 4.39 Å². The van der Waals surface area contributed by atoms with Crippen LogP contribution >= 0.6 is 0 Å². The molecular formula is C21H22FN3O4. The van der Waals surface area contributed by atoms with E-state index < -0.39 is 6.10 Å². The quantitative estimate of drug-likeness (QED) is 0.850. The van der Waals surface area contributed by atoms with Gasteiger partial charge in [0.2, 0.25) is 5.91 Å². The Labute approximate surface area is 168 Å². The third-order valence-corrected chi connectivity index (χ3v) is 4.92. The SMILES string of the molecule is O=C(CN1C[C@@H](C(=O)N2CCOCC2)Oc2ccccc21)Nc1ccc(F)cc1. The number of nitrogens with one attached hydrogen (secondary N) is 1. The molecule has 0 unspecified atom stereocenters. The predicted octanol–water partition coefficient (Wildman–Crippen LogP) is 1.89. The molecule has 152 valence electrons. The molecule has 1 atom stereocenters. The number of fused-ring (bicyclic) bond motifs is 1. The molecule has 2 aromatic rings. The minimum atomic E-state index is -0.693. The van der Waals surface area contributed by atoms with E-state index in [1.54, 1.807) is 11.0 Å². The van der Waals surface area contributed by atoms with E-state index >= 15 is 0 Å². The predicted molar refractivity (Wildman–Crippen MR) is 105 cm³/mol. The summed E-state index contributed by atoms with van der Waals surface area (Å²) in [6.45, 7) is 2.41. The van der Waals surface area contributed by atoms with Crippen LogP contribution in [0.2, 0.25) is 0 Å². The van der Waals surface area contributed by atoms with E-state index in [1.807, 2.05) is 23.1 Å². The molecule has 0 aromatic heterocycles. The topological polar surface area (TPSA) is 71.1 Å². The molecule has 29 heavy (non-hydrogen) atoms. The number of anilines is 2. The van der Waals surface area contributed by atoms with Gasteiger partial charge in [-0.15, -0.1) is 0 Å². The zero-order valence-electron chi connectivity index (χ0n) is 15.8. The molecule has 1 N–H and O–H groups in total. The van der Waals surface area contributed by atoms with Crippen LogP contribution in [0, 0.1) is 5.82 Å². The molecule has 0 aliphatic carbocycles. The van der Waals surface area contributed by atoms with E-state index in [1.165, 1.54) is 24.3 Å². The van der Waals surface area contributed by atoms with Crippen molar-refractivity contribution in [2.24, 2.45) is 0 Å². The minimum absolute atomic E-state index is 0.0463. The normalized spacial score (nSPS) is 18.6. The van der Waals surface area contributed by atoms with Crippen LogP contribution in [-0.4, -0.2) is 62.2 Å². The molecule has 2 aromatic carbocycles. The Morgan fingerprint density at radius 2 is 1.79 bits per heavy atom. The van der Waals surface area contributed by atoms with Crippen molar-refractivity contribution in [3.05, 3.63) is 54.3 Å². The molecule has 0 spiro atoms. The molecule has 0 radical (unpaired) electrons. The van der Waals surface area contributed by atoms with Gasteiger partial charge in [0.1, 0.15) is 11.6 Å². The van der Waals surface area contributed by atoms with E-state index in [2.05, 4.69) is 5.32 Å². The van der Waals surface area contributed by atoms with Crippen molar-refractivity contribution in [2.45, 2.75) is 6.10 Å². The number of nitrogens with zero attached hydrogens (tertiary/aromatic N) is 2. The third kappa shape index (κ3) is 4.48. The van der Waals surface area contributed by atoms with E-state index in [9.17, 15) is 14.0 Å². The van der Waals surface area contributed by atoms with Crippen molar-refractivity contribution in [1.29, 1.82) is 0 Å². The summed E-state index contributed by atoms with van der Waals surface area (Å²) >= 11 is 0. The largest absolute Gasteiger partial charge is 0.477 e. The van der Waals surface area contributed by atoms with Crippen LogP contribution in [0.5, 0.6) is 5.75 Å². The van der Waals surface area contributed by atoms with Gasteiger partial charge in [0, 0.05) is 18.8 Å². The highest BCUT2D eigenvalue weighted by Crippen LogP contribution is 2.33. The van der Waals surface area contributed by atoms with E-state index in [4.69, 9.17) is 9.47 Å². The molecule has 0 bridgehead atoms. The van der Waals surface area contributed by atoms with Crippen molar-refractivity contribution < 1.29 is 23.5 Å². The number of rotatable bonds is 4. The van der Waals surface area contributed by atoms with E-state index in [0.717, 1.165) is 5.69 Å². The number of para-hydroxylation sites is 2. The van der Waals surface area contributed by atoms with Crippen LogP contribution in [0.15, 0.2) is 48.5 Å². The van der Waals surface area contributed by atoms with Gasteiger partial charge >= 0.3 is 0 Å². The number of halogens is 1. The van der Waals surface area contributed by atoms with Gasteiger partial charge in [-0.1, -0.05) is 12.1 Å². The standard InChI is InChI=1S/C21H22FN3O4/c22-15-5-7-16(8-6-15)23-20(26)14-25-13-19(21(27)24-9-11-28-12-10-24)29-18-4-2-1-3-17(18)25/h1-8,19H,9-14H2,(H,23,26)/t19-/m0/s1. The monoisotopic (exact) mass is 399 g/mol. The molecule has 8 heteroatoms. The molecule has 2 aliphatic heterocycles. The lowest BCUT2D eigenvalue weighted by Crippen LogP contribution is -2.53. The molecule has 2 amide bonds. The van der Waals surface area contributed by atoms with Crippen molar-refractivity contribution in [2.75, 3.05) is 49.6 Å². The smallest absolute Gasteiger partial charge is 0.265 e. The van der Waals surface area contributed by atoms with E-state index in [-0.39, 0.29) is 30.7 Å². The summed E-state index contributed by atoms with van der Waals surface area (Å²) in [7, 11) is 0. The molecule has 4 rings (SSSR count). The van der Waals surface area contributed by atoms with Crippen molar-refractivity contribution in [3.63, 3.8) is 0 Å². The van der Waals surface area contributed by atoms with Gasteiger partial charge in [-0.05, 0) is 36.4 Å². The fourth-order valence-electron chi connectivity index (χ4n) is 3.48. The average molecular weight is 399 g/mol. The lowest BCUT2D eigenvalue weighted by atomic mass is 10.1. The summed E-state index contributed by atoms with van der Waals surface area (Å²) < 4.78 is 24.3. The summed E-state index contributed by atoms with van der Waals surface area (Å²) in [6.07, 6.45) is -0.693. The second-order valence-electron chi connectivity index (χ2n) is 6.95. The maximum absolute atomic E-state index is 13.1. The van der Waals surface area contributed by atoms with Crippen LogP contribution in [0.3, 0.4) is 0 Å². The Balaban J connectivity index is 1.48. The number of morpholine rings is 1. The highest BCUT2D eigenvalue weighted by Gasteiger charge is 2.34. The number of carbonyl (C=O) groups is 2. The molecule has 1 saturated heterocycles. The van der Waals surface area contributed by atoms with Crippen LogP contribution in [0.1, 0.15) is 0 Å². The van der Waals surface area contributed by atoms with Crippen LogP contribution in [0.25, 0.3) is 0 Å². The summed E-state index contributed by atoms with van der Waals surface area (Å²) in [4.78, 5) is 29.0. The van der Waals surface area contributed by atoms with Gasteiger partial charge in [0.05, 0.1) is 32.0 Å². The molecular weight excluding hydrogens is 377 g/mol. The summed E-state index contributed by atoms with van der Waals surface area (Å²) in [5.74, 6) is -0.160. The minimum Gasteiger partial charge on any atom is -0.477 e. The maximum atomic E-state index is 13.1. The fraction of sp³-hybridized carbons (Fsp3) is 0.333. The highest BCUT2D eigenvalue weighted by atomic mass is 19.1. The number of carbonyl (C=O) groups excluding carboxylic acids is 2. The summed E-state index contributed by atoms with van der Waals surface area (Å²) in [6, 6.07) is 12.9. The number of benzene rings is 2. The average Bonchev–Trinajstić information content (AvgIpc) is 2.75. The van der Waals surface area contributed by atoms with Gasteiger partial charge < -0.3 is 24.6 Å². The summed E-state index contributed by atoms with van der Waals surface area (Å²) in [5, 5.41) is 2.75. The van der Waals surface area contributed by atoms with Crippen LogP contribution in [0.4, 0.5) is 15.8 Å². The Hall–Kier alpha value is -3.13. The van der Waals surface area contributed by atoms with Gasteiger partial charge in [0.25, 0.3) is 5.91 Å². The Bertz CT molecular complexity index is 884. The maximum Gasteiger partial charge on any atom is 0.265 e. The first-order valence-corrected chi connectivity index (χ1v) is 9.53. The second-order valence-corrected chi connectivity index (χ2v) is 6.95. The third-order valence-electron chi connectivity index (χ3n) is 4.92. The Kier molecular flexibility index (Phi) is 5.62. The molecule has 1 fully saturated rings. The van der Waals surface area contributed by atoms with Crippen molar-refractivity contribution in [1.82, 2.24) is 4.90 Å². The first kappa shape index (κ1) is 19.2. The van der Waals surface area contributed by atoms with Crippen LogP contribution in [-0.2, 0) is 14.3 Å². The van der Waals surface area contributed by atoms with Gasteiger partial charge in [-0.3, -0.25) is 9.59 Å². The zero-order chi connectivity index (χ0) is 20.2. The first-order valence-electron chi connectivity index (χ1n) is 9.53. The molecule has 2 aliphatic rings.